The molecule has 0 radical (unpaired) electrons. The summed E-state index contributed by atoms with van der Waals surface area (Å²) in [5.41, 5.74) is -0.540. The van der Waals surface area contributed by atoms with Gasteiger partial charge in [0.05, 0.1) is 11.5 Å². The molecular formula is C12H22ClNO6S. The Bertz CT molecular complexity index is 462. The Balaban J connectivity index is 4.64. The minimum Gasteiger partial charge on any atom is -0.462 e. The topological polar surface area (TPSA) is 98.8 Å². The van der Waals surface area contributed by atoms with E-state index in [1.54, 1.807) is 13.8 Å². The molecule has 1 unspecified atom stereocenters. The predicted octanol–water partition coefficient (Wildman–Crippen LogP) is 0.808. The van der Waals surface area contributed by atoms with Crippen LogP contribution >= 0.6 is 11.8 Å². The fourth-order valence-corrected chi connectivity index (χ4v) is 3.20. The maximum Gasteiger partial charge on any atom is 0.303 e. The molecule has 0 saturated heterocycles. The third-order valence-electron chi connectivity index (χ3n) is 2.54. The van der Waals surface area contributed by atoms with Gasteiger partial charge in [-0.2, -0.15) is 0 Å². The van der Waals surface area contributed by atoms with Gasteiger partial charge in [0, 0.05) is 19.4 Å². The highest BCUT2D eigenvalue weighted by Crippen LogP contribution is 2.12. The van der Waals surface area contributed by atoms with Gasteiger partial charge in [0.1, 0.15) is 12.7 Å². The van der Waals surface area contributed by atoms with E-state index in [-0.39, 0.29) is 12.4 Å². The second-order valence-corrected chi connectivity index (χ2v) is 7.79. The lowest BCUT2D eigenvalue weighted by atomic mass is 10.0. The van der Waals surface area contributed by atoms with Crippen LogP contribution in [0, 0.1) is 0 Å². The first-order valence-corrected chi connectivity index (χ1v) is 8.56. The van der Waals surface area contributed by atoms with Crippen molar-refractivity contribution in [1.82, 2.24) is 4.84 Å². The predicted molar refractivity (Wildman–Crippen MR) is 78.5 cm³/mol. The molecule has 124 valence electrons. The van der Waals surface area contributed by atoms with Crippen LogP contribution in [-0.4, -0.2) is 50.1 Å². The minimum atomic E-state index is -3.48. The Labute approximate surface area is 130 Å². The standard InChI is InChI=1S/C12H22ClNO6S/c1-9(15)19-7-11(20-10(2)16)8-21(17,18)6-5-12(3,4)14-13/h11,14H,5-8H2,1-4H3. The maximum absolute atomic E-state index is 12.0. The summed E-state index contributed by atoms with van der Waals surface area (Å²) < 4.78 is 33.6. The Morgan fingerprint density at radius 1 is 1.24 bits per heavy atom. The van der Waals surface area contributed by atoms with E-state index in [4.69, 9.17) is 21.3 Å². The van der Waals surface area contributed by atoms with Gasteiger partial charge in [-0.1, -0.05) is 0 Å². The van der Waals surface area contributed by atoms with Crippen LogP contribution in [-0.2, 0) is 28.9 Å². The van der Waals surface area contributed by atoms with Crippen molar-refractivity contribution in [3.63, 3.8) is 0 Å². The first-order valence-electron chi connectivity index (χ1n) is 6.36. The highest BCUT2D eigenvalue weighted by atomic mass is 35.5. The third kappa shape index (κ3) is 10.5. The molecule has 0 aliphatic rings. The average molecular weight is 344 g/mol. The van der Waals surface area contributed by atoms with Gasteiger partial charge in [0.15, 0.2) is 9.84 Å². The first kappa shape index (κ1) is 20.1. The van der Waals surface area contributed by atoms with Gasteiger partial charge in [0.25, 0.3) is 0 Å². The van der Waals surface area contributed by atoms with Crippen LogP contribution in [0.3, 0.4) is 0 Å². The van der Waals surface area contributed by atoms with E-state index in [0.29, 0.717) is 6.42 Å². The molecule has 0 aliphatic carbocycles. The molecule has 0 aromatic carbocycles. The molecule has 0 aromatic rings. The second-order valence-electron chi connectivity index (χ2n) is 5.38. The summed E-state index contributed by atoms with van der Waals surface area (Å²) in [6.07, 6.45) is -0.720. The van der Waals surface area contributed by atoms with Crippen molar-refractivity contribution in [3.8, 4) is 0 Å². The molecule has 0 amide bonds. The van der Waals surface area contributed by atoms with Crippen molar-refractivity contribution in [3.05, 3.63) is 0 Å². The summed E-state index contributed by atoms with van der Waals surface area (Å²) in [5, 5.41) is 0. The molecule has 0 saturated carbocycles. The molecule has 9 heteroatoms. The average Bonchev–Trinajstić information content (AvgIpc) is 2.33. The molecule has 0 spiro atoms. The Kier molecular flexibility index (Phi) is 8.20. The monoisotopic (exact) mass is 343 g/mol. The summed E-state index contributed by atoms with van der Waals surface area (Å²) in [6, 6.07) is 0. The smallest absolute Gasteiger partial charge is 0.303 e. The molecule has 1 N–H and O–H groups in total. The summed E-state index contributed by atoms with van der Waals surface area (Å²) in [7, 11) is -3.48. The fraction of sp³-hybridized carbons (Fsp3) is 0.833. The Morgan fingerprint density at radius 2 is 1.81 bits per heavy atom. The van der Waals surface area contributed by atoms with Crippen LogP contribution in [0.2, 0.25) is 0 Å². The number of rotatable bonds is 9. The number of halogens is 1. The third-order valence-corrected chi connectivity index (χ3v) is 4.76. The van der Waals surface area contributed by atoms with Gasteiger partial charge >= 0.3 is 11.9 Å². The number of nitrogens with one attached hydrogen (secondary N) is 1. The van der Waals surface area contributed by atoms with Crippen molar-refractivity contribution < 1.29 is 27.5 Å². The summed E-state index contributed by atoms with van der Waals surface area (Å²) in [4.78, 5) is 24.2. The van der Waals surface area contributed by atoms with Crippen molar-refractivity contribution in [1.29, 1.82) is 0 Å². The Hall–Kier alpha value is -0.860. The van der Waals surface area contributed by atoms with Crippen LogP contribution in [0.15, 0.2) is 0 Å². The van der Waals surface area contributed by atoms with Gasteiger partial charge in [0.2, 0.25) is 0 Å². The number of ether oxygens (including phenoxy) is 2. The van der Waals surface area contributed by atoms with Crippen LogP contribution in [0.1, 0.15) is 34.1 Å². The van der Waals surface area contributed by atoms with Crippen molar-refractivity contribution in [2.24, 2.45) is 0 Å². The van der Waals surface area contributed by atoms with E-state index >= 15 is 0 Å². The lowest BCUT2D eigenvalue weighted by Gasteiger charge is -2.22. The minimum absolute atomic E-state index is 0.127. The molecule has 21 heavy (non-hydrogen) atoms. The molecule has 0 aromatic heterocycles. The van der Waals surface area contributed by atoms with E-state index in [1.165, 1.54) is 6.92 Å². The zero-order valence-electron chi connectivity index (χ0n) is 12.6. The quantitative estimate of drug-likeness (QED) is 0.488. The summed E-state index contributed by atoms with van der Waals surface area (Å²) in [5.74, 6) is -1.74. The van der Waals surface area contributed by atoms with Crippen LogP contribution in [0.4, 0.5) is 0 Å². The van der Waals surface area contributed by atoms with E-state index < -0.39 is 39.2 Å². The molecule has 7 nitrogen and oxygen atoms in total. The number of carbonyl (C=O) groups excluding carboxylic acids is 2. The first-order chi connectivity index (χ1) is 9.47. The van der Waals surface area contributed by atoms with Crippen molar-refractivity contribution >= 4 is 33.6 Å². The molecule has 0 rings (SSSR count). The van der Waals surface area contributed by atoms with Gasteiger partial charge in [-0.15, -0.1) is 0 Å². The van der Waals surface area contributed by atoms with Gasteiger partial charge in [-0.05, 0) is 32.0 Å². The van der Waals surface area contributed by atoms with Gasteiger partial charge in [-0.25, -0.2) is 13.3 Å². The highest BCUT2D eigenvalue weighted by molar-refractivity contribution is 7.91. The van der Waals surface area contributed by atoms with Crippen LogP contribution in [0.25, 0.3) is 0 Å². The number of hydrogen-bond acceptors (Lipinski definition) is 7. The molecule has 0 bridgehead atoms. The van der Waals surface area contributed by atoms with Gasteiger partial charge < -0.3 is 9.47 Å². The van der Waals surface area contributed by atoms with Gasteiger partial charge in [-0.3, -0.25) is 9.59 Å². The number of esters is 2. The van der Waals surface area contributed by atoms with E-state index in [2.05, 4.69) is 4.84 Å². The SMILES string of the molecule is CC(=O)OCC(CS(=O)(=O)CCC(C)(C)NCl)OC(C)=O. The molecule has 0 fully saturated rings. The van der Waals surface area contributed by atoms with Crippen LogP contribution < -0.4 is 4.84 Å². The maximum atomic E-state index is 12.0. The summed E-state index contributed by atoms with van der Waals surface area (Å²) in [6.45, 7) is 5.59. The zero-order valence-corrected chi connectivity index (χ0v) is 14.2. The van der Waals surface area contributed by atoms with E-state index in [1.807, 2.05) is 0 Å². The van der Waals surface area contributed by atoms with E-state index in [0.717, 1.165) is 6.92 Å². The molecule has 1 atom stereocenters. The molecule has 0 aliphatic heterocycles. The van der Waals surface area contributed by atoms with Crippen LogP contribution in [0.5, 0.6) is 0 Å². The largest absolute Gasteiger partial charge is 0.462 e. The second kappa shape index (κ2) is 8.55. The van der Waals surface area contributed by atoms with Crippen molar-refractivity contribution in [2.45, 2.75) is 45.8 Å². The lowest BCUT2D eigenvalue weighted by molar-refractivity contribution is -0.154. The summed E-state index contributed by atoms with van der Waals surface area (Å²) >= 11 is 5.51. The Morgan fingerprint density at radius 3 is 2.24 bits per heavy atom. The highest BCUT2D eigenvalue weighted by Gasteiger charge is 2.26. The number of hydrogen-bond donors (Lipinski definition) is 1. The zero-order chi connectivity index (χ0) is 16.7. The van der Waals surface area contributed by atoms with Crippen molar-refractivity contribution in [2.75, 3.05) is 18.1 Å². The lowest BCUT2D eigenvalue weighted by Crippen LogP contribution is -2.37. The normalized spacial score (nSPS) is 13.6. The molecule has 0 heterocycles. The fourth-order valence-electron chi connectivity index (χ4n) is 1.39. The van der Waals surface area contributed by atoms with E-state index in [9.17, 15) is 18.0 Å². The molecular weight excluding hydrogens is 322 g/mol. The number of carbonyl (C=O) groups is 2. The number of sulfone groups is 1.